The number of nitrogens with zero attached hydrogens (tertiary/aromatic N) is 2. The second kappa shape index (κ2) is 12.1. The molecule has 0 spiro atoms. The van der Waals surface area contributed by atoms with Crippen molar-refractivity contribution in [3.63, 3.8) is 0 Å². The first-order chi connectivity index (χ1) is 17.8. The lowest BCUT2D eigenvalue weighted by atomic mass is 9.98. The van der Waals surface area contributed by atoms with E-state index in [0.29, 0.717) is 36.8 Å². The van der Waals surface area contributed by atoms with Crippen molar-refractivity contribution in [2.45, 2.75) is 44.9 Å². The summed E-state index contributed by atoms with van der Waals surface area (Å²) in [5, 5.41) is 1.37. The number of aryl methyl sites for hydroxylation is 5. The molecule has 0 amide bonds. The average Bonchev–Trinajstić information content (AvgIpc) is 2.88. The molecule has 0 aliphatic rings. The summed E-state index contributed by atoms with van der Waals surface area (Å²) in [5.74, 6) is 0.231. The van der Waals surface area contributed by atoms with Crippen LogP contribution < -0.4 is 4.74 Å². The van der Waals surface area contributed by atoms with Gasteiger partial charge < -0.3 is 9.47 Å². The fourth-order valence-corrected chi connectivity index (χ4v) is 4.19. The van der Waals surface area contributed by atoms with Crippen LogP contribution >= 0.6 is 0 Å². The van der Waals surface area contributed by atoms with Crippen LogP contribution in [0.1, 0.15) is 34.5 Å². The Balaban J connectivity index is 1.35. The molecule has 0 radical (unpaired) electrons. The molecule has 0 saturated carbocycles. The molecule has 37 heavy (non-hydrogen) atoms. The van der Waals surface area contributed by atoms with Crippen molar-refractivity contribution in [1.82, 2.24) is 9.97 Å². The molecular weight excluding hydrogens is 484 g/mol. The number of hydrogen-bond acceptors (Lipinski definition) is 4. The standard InChI is InChI=1S/C29H28F4N2O2/c1-36-16-2-3-22-18-34-27(35-19-22)15-8-21-7-14-26-24(17-21)11-10-23(28(26)30)9-4-20-5-12-25(13-6-20)37-29(31,32)33/h5-7,10-14,17-19H,2-4,8-9,15-16H2,1H3. The first-order valence-electron chi connectivity index (χ1n) is 12.1. The van der Waals surface area contributed by atoms with Gasteiger partial charge in [0.15, 0.2) is 0 Å². The van der Waals surface area contributed by atoms with E-state index >= 15 is 4.39 Å². The fraction of sp³-hybridized carbons (Fsp3) is 0.310. The van der Waals surface area contributed by atoms with Gasteiger partial charge in [-0.2, -0.15) is 0 Å². The summed E-state index contributed by atoms with van der Waals surface area (Å²) in [5.41, 5.74) is 3.53. The number of alkyl halides is 3. The Kier molecular flexibility index (Phi) is 8.71. The van der Waals surface area contributed by atoms with E-state index in [1.807, 2.05) is 30.6 Å². The summed E-state index contributed by atoms with van der Waals surface area (Å²) in [6, 6.07) is 15.0. The van der Waals surface area contributed by atoms with Gasteiger partial charge in [-0.15, -0.1) is 13.2 Å². The van der Waals surface area contributed by atoms with E-state index in [1.54, 1.807) is 31.4 Å². The molecular formula is C29H28F4N2O2. The van der Waals surface area contributed by atoms with Gasteiger partial charge in [-0.3, -0.25) is 0 Å². The van der Waals surface area contributed by atoms with Crippen LogP contribution in [0.3, 0.4) is 0 Å². The van der Waals surface area contributed by atoms with Crippen LogP contribution in [0, 0.1) is 5.82 Å². The molecule has 0 aliphatic carbocycles. The Bertz CT molecular complexity index is 1310. The number of rotatable bonds is 11. The first-order valence-corrected chi connectivity index (χ1v) is 12.1. The van der Waals surface area contributed by atoms with Gasteiger partial charge in [0, 0.05) is 37.9 Å². The number of fused-ring (bicyclic) bond motifs is 1. The predicted octanol–water partition coefficient (Wildman–Crippen LogP) is 6.82. The Labute approximate surface area is 213 Å². The molecule has 8 heteroatoms. The molecule has 0 N–H and O–H groups in total. The lowest BCUT2D eigenvalue weighted by Crippen LogP contribution is -2.17. The molecule has 0 bridgehead atoms. The highest BCUT2D eigenvalue weighted by molar-refractivity contribution is 5.84. The molecule has 1 heterocycles. The van der Waals surface area contributed by atoms with E-state index in [-0.39, 0.29) is 11.6 Å². The summed E-state index contributed by atoms with van der Waals surface area (Å²) in [7, 11) is 1.69. The zero-order chi connectivity index (χ0) is 26.3. The Morgan fingerprint density at radius 2 is 1.46 bits per heavy atom. The van der Waals surface area contributed by atoms with E-state index in [4.69, 9.17) is 4.74 Å². The molecule has 4 rings (SSSR count). The third kappa shape index (κ3) is 7.73. The summed E-state index contributed by atoms with van der Waals surface area (Å²) in [6.07, 6.45) is 3.18. The van der Waals surface area contributed by atoms with E-state index < -0.39 is 6.36 Å². The van der Waals surface area contributed by atoms with E-state index in [2.05, 4.69) is 14.7 Å². The third-order valence-electron chi connectivity index (χ3n) is 6.15. The lowest BCUT2D eigenvalue weighted by Gasteiger charge is -2.10. The van der Waals surface area contributed by atoms with Crippen molar-refractivity contribution in [2.75, 3.05) is 13.7 Å². The number of hydrogen-bond donors (Lipinski definition) is 0. The van der Waals surface area contributed by atoms with Crippen LogP contribution in [0.25, 0.3) is 10.8 Å². The summed E-state index contributed by atoms with van der Waals surface area (Å²) in [6.45, 7) is 0.712. The SMILES string of the molecule is COCCCc1cnc(CCc2ccc3c(F)c(CCc4ccc(OC(F)(F)F)cc4)ccc3c2)nc1. The zero-order valence-corrected chi connectivity index (χ0v) is 20.5. The van der Waals surface area contributed by atoms with Crippen LogP contribution in [0.15, 0.2) is 67.0 Å². The smallest absolute Gasteiger partial charge is 0.406 e. The largest absolute Gasteiger partial charge is 0.573 e. The average molecular weight is 513 g/mol. The highest BCUT2D eigenvalue weighted by Crippen LogP contribution is 2.26. The van der Waals surface area contributed by atoms with Crippen LogP contribution in [-0.2, 0) is 36.8 Å². The molecule has 0 atom stereocenters. The highest BCUT2D eigenvalue weighted by atomic mass is 19.4. The summed E-state index contributed by atoms with van der Waals surface area (Å²) < 4.78 is 61.1. The number of benzene rings is 3. The van der Waals surface area contributed by atoms with E-state index in [0.717, 1.165) is 47.2 Å². The number of halogens is 4. The van der Waals surface area contributed by atoms with Crippen molar-refractivity contribution < 1.29 is 27.0 Å². The van der Waals surface area contributed by atoms with E-state index in [1.165, 1.54) is 12.1 Å². The minimum absolute atomic E-state index is 0.270. The van der Waals surface area contributed by atoms with Crippen LogP contribution in [0.4, 0.5) is 17.6 Å². The fourth-order valence-electron chi connectivity index (χ4n) is 4.19. The molecule has 0 unspecified atom stereocenters. The summed E-state index contributed by atoms with van der Waals surface area (Å²) in [4.78, 5) is 8.91. The number of ether oxygens (including phenoxy) is 2. The number of aromatic nitrogens is 2. The molecule has 0 fully saturated rings. The van der Waals surface area contributed by atoms with Crippen LogP contribution in [0.5, 0.6) is 5.75 Å². The van der Waals surface area contributed by atoms with Crippen molar-refractivity contribution in [3.05, 3.63) is 101 Å². The van der Waals surface area contributed by atoms with Crippen LogP contribution in [0.2, 0.25) is 0 Å². The predicted molar refractivity (Wildman–Crippen MR) is 134 cm³/mol. The highest BCUT2D eigenvalue weighted by Gasteiger charge is 2.30. The van der Waals surface area contributed by atoms with Gasteiger partial charge in [-0.1, -0.05) is 42.5 Å². The van der Waals surface area contributed by atoms with Gasteiger partial charge in [-0.05, 0) is 71.9 Å². The Morgan fingerprint density at radius 3 is 2.16 bits per heavy atom. The van der Waals surface area contributed by atoms with Gasteiger partial charge in [0.05, 0.1) is 0 Å². The maximum atomic E-state index is 15.2. The van der Waals surface area contributed by atoms with Gasteiger partial charge in [0.1, 0.15) is 17.4 Å². The molecule has 0 saturated heterocycles. The molecule has 3 aromatic carbocycles. The van der Waals surface area contributed by atoms with Gasteiger partial charge in [0.25, 0.3) is 0 Å². The van der Waals surface area contributed by atoms with Gasteiger partial charge >= 0.3 is 6.36 Å². The van der Waals surface area contributed by atoms with Crippen molar-refractivity contribution in [2.24, 2.45) is 0 Å². The molecule has 194 valence electrons. The van der Waals surface area contributed by atoms with Gasteiger partial charge in [-0.25, -0.2) is 14.4 Å². The molecule has 1 aromatic heterocycles. The van der Waals surface area contributed by atoms with Crippen molar-refractivity contribution in [1.29, 1.82) is 0 Å². The molecule has 4 nitrogen and oxygen atoms in total. The topological polar surface area (TPSA) is 44.2 Å². The van der Waals surface area contributed by atoms with E-state index in [9.17, 15) is 13.2 Å². The lowest BCUT2D eigenvalue weighted by molar-refractivity contribution is -0.274. The zero-order valence-electron chi connectivity index (χ0n) is 20.5. The molecule has 0 aliphatic heterocycles. The third-order valence-corrected chi connectivity index (χ3v) is 6.15. The Hall–Kier alpha value is -3.52. The maximum Gasteiger partial charge on any atom is 0.573 e. The van der Waals surface area contributed by atoms with Crippen molar-refractivity contribution in [3.8, 4) is 5.75 Å². The summed E-state index contributed by atoms with van der Waals surface area (Å²) >= 11 is 0. The van der Waals surface area contributed by atoms with Crippen molar-refractivity contribution >= 4 is 10.8 Å². The minimum atomic E-state index is -4.72. The monoisotopic (exact) mass is 512 g/mol. The second-order valence-electron chi connectivity index (χ2n) is 8.89. The number of methoxy groups -OCH3 is 1. The van der Waals surface area contributed by atoms with Gasteiger partial charge in [0.2, 0.25) is 0 Å². The second-order valence-corrected chi connectivity index (χ2v) is 8.89. The quantitative estimate of drug-likeness (QED) is 0.163. The normalized spacial score (nSPS) is 11.7. The minimum Gasteiger partial charge on any atom is -0.406 e. The first kappa shape index (κ1) is 26.5. The molecule has 4 aromatic rings. The van der Waals surface area contributed by atoms with Crippen LogP contribution in [-0.4, -0.2) is 30.0 Å². The maximum absolute atomic E-state index is 15.2. The Morgan fingerprint density at radius 1 is 0.757 bits per heavy atom.